The normalized spacial score (nSPS) is 19.8. The van der Waals surface area contributed by atoms with Crippen molar-refractivity contribution in [1.29, 1.82) is 0 Å². The van der Waals surface area contributed by atoms with Crippen LogP contribution in [0.1, 0.15) is 24.1 Å². The standard InChI is InChI=1S/C20H32N4O3S2/c25-19(21-14-17-4-1-10-27-17)15-22-20(28)24(16-18-5-2-13-29-18)7-3-6-23-8-11-26-12-9-23/h2,5,13,17H,1,3-4,6-12,14-16H2,(H,21,25)(H,22,28)/t17-/m0/s1. The average Bonchev–Trinajstić information content (AvgIpc) is 3.44. The molecule has 0 bridgehead atoms. The molecule has 0 aromatic carbocycles. The lowest BCUT2D eigenvalue weighted by atomic mass is 10.2. The summed E-state index contributed by atoms with van der Waals surface area (Å²) >= 11 is 7.34. The van der Waals surface area contributed by atoms with Crippen LogP contribution in [0.2, 0.25) is 0 Å². The van der Waals surface area contributed by atoms with Gasteiger partial charge in [0.1, 0.15) is 0 Å². The van der Waals surface area contributed by atoms with E-state index in [-0.39, 0.29) is 18.6 Å². The Hall–Kier alpha value is -1.26. The van der Waals surface area contributed by atoms with E-state index in [0.29, 0.717) is 11.7 Å². The SMILES string of the molecule is O=C(CNC(=S)N(CCCN1CCOCC1)Cc1cccs1)NC[C@@H]1CCCO1. The molecule has 3 rings (SSSR count). The third kappa shape index (κ3) is 8.18. The first-order valence-corrected chi connectivity index (χ1v) is 11.7. The monoisotopic (exact) mass is 440 g/mol. The van der Waals surface area contributed by atoms with Crippen molar-refractivity contribution in [1.82, 2.24) is 20.4 Å². The minimum Gasteiger partial charge on any atom is -0.379 e. The van der Waals surface area contributed by atoms with Crippen molar-refractivity contribution in [3.8, 4) is 0 Å². The molecule has 2 fully saturated rings. The third-order valence-corrected chi connectivity index (χ3v) is 6.43. The van der Waals surface area contributed by atoms with Crippen molar-refractivity contribution in [3.05, 3.63) is 22.4 Å². The van der Waals surface area contributed by atoms with Gasteiger partial charge in [-0.3, -0.25) is 9.69 Å². The largest absolute Gasteiger partial charge is 0.379 e. The van der Waals surface area contributed by atoms with Gasteiger partial charge in [-0.25, -0.2) is 0 Å². The Bertz CT molecular complexity index is 617. The molecular weight excluding hydrogens is 408 g/mol. The highest BCUT2D eigenvalue weighted by Crippen LogP contribution is 2.13. The fourth-order valence-corrected chi connectivity index (χ4v) is 4.46. The van der Waals surface area contributed by atoms with E-state index in [4.69, 9.17) is 21.7 Å². The number of ether oxygens (including phenoxy) is 2. The fourth-order valence-electron chi connectivity index (χ4n) is 3.52. The zero-order chi connectivity index (χ0) is 20.3. The molecule has 1 aromatic rings. The molecule has 7 nitrogen and oxygen atoms in total. The van der Waals surface area contributed by atoms with Crippen LogP contribution in [0.4, 0.5) is 0 Å². The number of nitrogens with one attached hydrogen (secondary N) is 2. The topological polar surface area (TPSA) is 66.1 Å². The summed E-state index contributed by atoms with van der Waals surface area (Å²) in [6.07, 6.45) is 3.27. The van der Waals surface area contributed by atoms with E-state index in [2.05, 4.69) is 37.9 Å². The maximum absolute atomic E-state index is 12.1. The van der Waals surface area contributed by atoms with Crippen molar-refractivity contribution in [2.75, 3.05) is 59.1 Å². The van der Waals surface area contributed by atoms with Crippen molar-refractivity contribution in [3.63, 3.8) is 0 Å². The zero-order valence-corrected chi connectivity index (χ0v) is 18.6. The molecule has 0 radical (unpaired) electrons. The summed E-state index contributed by atoms with van der Waals surface area (Å²) in [7, 11) is 0. The Morgan fingerprint density at radius 3 is 2.90 bits per heavy atom. The van der Waals surface area contributed by atoms with Crippen molar-refractivity contribution < 1.29 is 14.3 Å². The van der Waals surface area contributed by atoms with E-state index >= 15 is 0 Å². The van der Waals surface area contributed by atoms with E-state index in [9.17, 15) is 4.79 Å². The molecule has 0 spiro atoms. The minimum atomic E-state index is -0.0489. The van der Waals surface area contributed by atoms with Gasteiger partial charge in [-0.15, -0.1) is 11.3 Å². The number of hydrogen-bond acceptors (Lipinski definition) is 6. The summed E-state index contributed by atoms with van der Waals surface area (Å²) in [5.74, 6) is -0.0489. The summed E-state index contributed by atoms with van der Waals surface area (Å²) in [5, 5.41) is 8.78. The molecule has 162 valence electrons. The second kappa shape index (κ2) is 12.4. The van der Waals surface area contributed by atoms with Crippen LogP contribution in [0.5, 0.6) is 0 Å². The summed E-state index contributed by atoms with van der Waals surface area (Å²) in [5.41, 5.74) is 0. The summed E-state index contributed by atoms with van der Waals surface area (Å²) < 4.78 is 11.0. The Morgan fingerprint density at radius 1 is 1.31 bits per heavy atom. The van der Waals surface area contributed by atoms with Gasteiger partial charge in [0.2, 0.25) is 5.91 Å². The Morgan fingerprint density at radius 2 is 2.17 bits per heavy atom. The molecule has 2 aliphatic heterocycles. The molecule has 1 aromatic heterocycles. The fraction of sp³-hybridized carbons (Fsp3) is 0.700. The van der Waals surface area contributed by atoms with Crippen molar-refractivity contribution in [2.24, 2.45) is 0 Å². The molecule has 9 heteroatoms. The maximum atomic E-state index is 12.1. The number of nitrogens with zero attached hydrogens (tertiary/aromatic N) is 2. The molecule has 2 aliphatic rings. The van der Waals surface area contributed by atoms with Crippen LogP contribution in [-0.4, -0.2) is 86.0 Å². The predicted molar refractivity (Wildman–Crippen MR) is 119 cm³/mol. The Kier molecular flexibility index (Phi) is 9.62. The summed E-state index contributed by atoms with van der Waals surface area (Å²) in [6, 6.07) is 4.18. The van der Waals surface area contributed by atoms with E-state index in [1.807, 2.05) is 0 Å². The van der Waals surface area contributed by atoms with Gasteiger partial charge in [-0.05, 0) is 42.9 Å². The number of thiophene rings is 1. The second-order valence-electron chi connectivity index (χ2n) is 7.41. The first kappa shape index (κ1) is 22.4. The van der Waals surface area contributed by atoms with Crippen LogP contribution in [0.3, 0.4) is 0 Å². The molecule has 29 heavy (non-hydrogen) atoms. The number of thiocarbonyl (C=S) groups is 1. The third-order valence-electron chi connectivity index (χ3n) is 5.17. The van der Waals surface area contributed by atoms with Crippen LogP contribution >= 0.6 is 23.6 Å². The lowest BCUT2D eigenvalue weighted by Gasteiger charge is -2.29. The molecule has 0 saturated carbocycles. The van der Waals surface area contributed by atoms with Gasteiger partial charge in [0.25, 0.3) is 0 Å². The molecule has 1 atom stereocenters. The number of amides is 1. The molecule has 1 amide bonds. The number of carbonyl (C=O) groups excluding carboxylic acids is 1. The van der Waals surface area contributed by atoms with Crippen LogP contribution < -0.4 is 10.6 Å². The van der Waals surface area contributed by atoms with Gasteiger partial charge < -0.3 is 25.0 Å². The maximum Gasteiger partial charge on any atom is 0.239 e. The van der Waals surface area contributed by atoms with Crippen LogP contribution in [0.25, 0.3) is 0 Å². The molecule has 0 aliphatic carbocycles. The Balaban J connectivity index is 1.41. The van der Waals surface area contributed by atoms with Gasteiger partial charge in [0.05, 0.1) is 32.4 Å². The molecule has 0 unspecified atom stereocenters. The lowest BCUT2D eigenvalue weighted by Crippen LogP contribution is -2.46. The molecule has 3 heterocycles. The van der Waals surface area contributed by atoms with Crippen LogP contribution in [0.15, 0.2) is 17.5 Å². The average molecular weight is 441 g/mol. The highest BCUT2D eigenvalue weighted by atomic mass is 32.1. The van der Waals surface area contributed by atoms with Crippen LogP contribution in [-0.2, 0) is 20.8 Å². The number of carbonyl (C=O) groups is 1. The smallest absolute Gasteiger partial charge is 0.239 e. The lowest BCUT2D eigenvalue weighted by molar-refractivity contribution is -0.120. The van der Waals surface area contributed by atoms with Gasteiger partial charge >= 0.3 is 0 Å². The minimum absolute atomic E-state index is 0.0489. The van der Waals surface area contributed by atoms with Crippen LogP contribution in [0, 0.1) is 0 Å². The van der Waals surface area contributed by atoms with Gasteiger partial charge in [0, 0.05) is 44.2 Å². The summed E-state index contributed by atoms with van der Waals surface area (Å²) in [4.78, 5) is 18.0. The van der Waals surface area contributed by atoms with Gasteiger partial charge in [-0.2, -0.15) is 0 Å². The van der Waals surface area contributed by atoms with Gasteiger partial charge in [-0.1, -0.05) is 6.07 Å². The highest BCUT2D eigenvalue weighted by molar-refractivity contribution is 7.80. The van der Waals surface area contributed by atoms with E-state index in [0.717, 1.165) is 71.8 Å². The Labute approximate surface area is 182 Å². The predicted octanol–water partition coefficient (Wildman–Crippen LogP) is 1.44. The first-order chi connectivity index (χ1) is 14.2. The number of morpholine rings is 1. The molecule has 2 saturated heterocycles. The van der Waals surface area contributed by atoms with Crippen molar-refractivity contribution >= 4 is 34.6 Å². The molecule has 2 N–H and O–H groups in total. The zero-order valence-electron chi connectivity index (χ0n) is 16.9. The van der Waals surface area contributed by atoms with E-state index < -0.39 is 0 Å². The highest BCUT2D eigenvalue weighted by Gasteiger charge is 2.17. The quantitative estimate of drug-likeness (QED) is 0.534. The first-order valence-electron chi connectivity index (χ1n) is 10.4. The number of hydrogen-bond donors (Lipinski definition) is 2. The number of rotatable bonds is 10. The van der Waals surface area contributed by atoms with Gasteiger partial charge in [0.15, 0.2) is 5.11 Å². The summed E-state index contributed by atoms with van der Waals surface area (Å²) in [6.45, 7) is 7.86. The second-order valence-corrected chi connectivity index (χ2v) is 8.83. The van der Waals surface area contributed by atoms with E-state index in [1.54, 1.807) is 11.3 Å². The molecular formula is C20H32N4O3S2. The van der Waals surface area contributed by atoms with E-state index in [1.165, 1.54) is 4.88 Å². The van der Waals surface area contributed by atoms with Crippen molar-refractivity contribution in [2.45, 2.75) is 31.9 Å².